The van der Waals surface area contributed by atoms with Gasteiger partial charge in [-0.05, 0) is 42.8 Å². The average Bonchev–Trinajstić information content (AvgIpc) is 3.11. The van der Waals surface area contributed by atoms with Crippen LogP contribution in [0.3, 0.4) is 0 Å². The number of nitrogens with zero attached hydrogens (tertiary/aromatic N) is 2. The number of amides is 2. The molecule has 5 nitrogen and oxygen atoms in total. The molecule has 1 saturated heterocycles. The van der Waals surface area contributed by atoms with E-state index >= 15 is 0 Å². The van der Waals surface area contributed by atoms with Gasteiger partial charge in [0.2, 0.25) is 0 Å². The Kier molecular flexibility index (Phi) is 4.14. The molecular formula is C17H18FN3O2. The van der Waals surface area contributed by atoms with E-state index in [1.165, 1.54) is 12.1 Å². The van der Waals surface area contributed by atoms with Crippen LogP contribution in [0.2, 0.25) is 0 Å². The highest BCUT2D eigenvalue weighted by Gasteiger charge is 2.26. The lowest BCUT2D eigenvalue weighted by Gasteiger charge is -2.34. The van der Waals surface area contributed by atoms with Gasteiger partial charge in [-0.1, -0.05) is 0 Å². The molecule has 0 radical (unpaired) electrons. The summed E-state index contributed by atoms with van der Waals surface area (Å²) in [5, 5.41) is 0. The van der Waals surface area contributed by atoms with Crippen molar-refractivity contribution < 1.29 is 14.0 Å². The maximum atomic E-state index is 13.3. The van der Waals surface area contributed by atoms with Crippen LogP contribution in [-0.2, 0) is 0 Å². The number of halogens is 1. The van der Waals surface area contributed by atoms with Crippen molar-refractivity contribution in [2.24, 2.45) is 0 Å². The fourth-order valence-corrected chi connectivity index (χ4v) is 2.71. The van der Waals surface area contributed by atoms with E-state index < -0.39 is 0 Å². The van der Waals surface area contributed by atoms with Gasteiger partial charge in [0.15, 0.2) is 0 Å². The summed E-state index contributed by atoms with van der Waals surface area (Å²) in [4.78, 5) is 31.0. The van der Waals surface area contributed by atoms with Gasteiger partial charge < -0.3 is 14.8 Å². The third-order valence-electron chi connectivity index (χ3n) is 4.09. The summed E-state index contributed by atoms with van der Waals surface area (Å²) in [6, 6.07) is 7.90. The minimum Gasteiger partial charge on any atom is -0.357 e. The molecule has 3 rings (SSSR count). The molecule has 0 bridgehead atoms. The molecule has 1 fully saturated rings. The summed E-state index contributed by atoms with van der Waals surface area (Å²) in [6.07, 6.45) is 1.71. The van der Waals surface area contributed by atoms with Gasteiger partial charge in [-0.2, -0.15) is 0 Å². The van der Waals surface area contributed by atoms with Gasteiger partial charge in [0, 0.05) is 37.9 Å². The number of hydrogen-bond acceptors (Lipinski definition) is 2. The molecule has 2 heterocycles. The monoisotopic (exact) mass is 315 g/mol. The zero-order chi connectivity index (χ0) is 16.4. The SMILES string of the molecule is Cc1cc(C(=O)N2CCN(C(=O)c3ccc[nH]3)CC2)ccc1F. The number of rotatable bonds is 2. The van der Waals surface area contributed by atoms with Crippen molar-refractivity contribution in [3.63, 3.8) is 0 Å². The van der Waals surface area contributed by atoms with E-state index in [9.17, 15) is 14.0 Å². The molecule has 0 atom stereocenters. The minimum atomic E-state index is -0.317. The number of H-pyrrole nitrogens is 1. The van der Waals surface area contributed by atoms with Crippen LogP contribution < -0.4 is 0 Å². The van der Waals surface area contributed by atoms with Crippen molar-refractivity contribution in [1.29, 1.82) is 0 Å². The predicted octanol–water partition coefficient (Wildman–Crippen LogP) is 2.06. The van der Waals surface area contributed by atoms with Gasteiger partial charge in [0.05, 0.1) is 0 Å². The van der Waals surface area contributed by atoms with Gasteiger partial charge in [0.25, 0.3) is 11.8 Å². The highest BCUT2D eigenvalue weighted by atomic mass is 19.1. The van der Waals surface area contributed by atoms with E-state index in [-0.39, 0.29) is 17.6 Å². The lowest BCUT2D eigenvalue weighted by molar-refractivity contribution is 0.0532. The van der Waals surface area contributed by atoms with Crippen LogP contribution in [-0.4, -0.2) is 52.8 Å². The Morgan fingerprint density at radius 1 is 1.04 bits per heavy atom. The molecule has 0 saturated carbocycles. The first-order valence-electron chi connectivity index (χ1n) is 7.54. The summed E-state index contributed by atoms with van der Waals surface area (Å²) in [6.45, 7) is 3.57. The normalized spacial score (nSPS) is 14.9. The van der Waals surface area contributed by atoms with E-state index in [0.717, 1.165) is 0 Å². The van der Waals surface area contributed by atoms with Crippen molar-refractivity contribution in [2.45, 2.75) is 6.92 Å². The van der Waals surface area contributed by atoms with Crippen molar-refractivity contribution >= 4 is 11.8 Å². The Bertz CT molecular complexity index is 719. The first-order chi connectivity index (χ1) is 11.1. The number of carbonyl (C=O) groups is 2. The van der Waals surface area contributed by atoms with Crippen LogP contribution in [0.5, 0.6) is 0 Å². The fourth-order valence-electron chi connectivity index (χ4n) is 2.71. The highest BCUT2D eigenvalue weighted by Crippen LogP contribution is 2.14. The Labute approximate surface area is 133 Å². The molecule has 1 aromatic carbocycles. The van der Waals surface area contributed by atoms with Crippen LogP contribution in [0.15, 0.2) is 36.5 Å². The summed E-state index contributed by atoms with van der Waals surface area (Å²) < 4.78 is 13.3. The summed E-state index contributed by atoms with van der Waals surface area (Å²) in [7, 11) is 0. The van der Waals surface area contributed by atoms with E-state index in [0.29, 0.717) is 43.0 Å². The molecule has 23 heavy (non-hydrogen) atoms. The van der Waals surface area contributed by atoms with Crippen molar-refractivity contribution in [3.05, 3.63) is 59.2 Å². The molecule has 0 aliphatic carbocycles. The fraction of sp³-hybridized carbons (Fsp3) is 0.294. The Balaban J connectivity index is 1.63. The third kappa shape index (κ3) is 3.11. The van der Waals surface area contributed by atoms with Gasteiger partial charge in [0.1, 0.15) is 11.5 Å². The summed E-state index contributed by atoms with van der Waals surface area (Å²) in [5.74, 6) is -0.497. The zero-order valence-corrected chi connectivity index (χ0v) is 12.9. The summed E-state index contributed by atoms with van der Waals surface area (Å²) >= 11 is 0. The summed E-state index contributed by atoms with van der Waals surface area (Å²) in [5.41, 5.74) is 1.49. The maximum Gasteiger partial charge on any atom is 0.270 e. The zero-order valence-electron chi connectivity index (χ0n) is 12.9. The molecule has 1 N–H and O–H groups in total. The first-order valence-corrected chi connectivity index (χ1v) is 7.54. The molecule has 0 spiro atoms. The van der Waals surface area contributed by atoms with Gasteiger partial charge >= 0.3 is 0 Å². The van der Waals surface area contributed by atoms with Crippen molar-refractivity contribution in [1.82, 2.24) is 14.8 Å². The molecule has 0 unspecified atom stereocenters. The molecule has 1 aromatic heterocycles. The molecule has 1 aliphatic heterocycles. The number of aromatic nitrogens is 1. The second-order valence-electron chi connectivity index (χ2n) is 5.63. The number of carbonyl (C=O) groups excluding carboxylic acids is 2. The standard InChI is InChI=1S/C17H18FN3O2/c1-12-11-13(4-5-14(12)18)16(22)20-7-9-21(10-8-20)17(23)15-3-2-6-19-15/h2-6,11,19H,7-10H2,1H3. The second-order valence-corrected chi connectivity index (χ2v) is 5.63. The molecule has 2 aromatic rings. The number of aryl methyl sites for hydroxylation is 1. The van der Waals surface area contributed by atoms with Crippen LogP contribution in [0.4, 0.5) is 4.39 Å². The van der Waals surface area contributed by atoms with Crippen molar-refractivity contribution in [2.75, 3.05) is 26.2 Å². The minimum absolute atomic E-state index is 0.0558. The highest BCUT2D eigenvalue weighted by molar-refractivity contribution is 5.95. The Hall–Kier alpha value is -2.63. The maximum absolute atomic E-state index is 13.3. The number of piperazine rings is 1. The van der Waals surface area contributed by atoms with Gasteiger partial charge in [-0.25, -0.2) is 4.39 Å². The largest absolute Gasteiger partial charge is 0.357 e. The second kappa shape index (κ2) is 6.24. The van der Waals surface area contributed by atoms with E-state index in [4.69, 9.17) is 0 Å². The van der Waals surface area contributed by atoms with Crippen LogP contribution >= 0.6 is 0 Å². The van der Waals surface area contributed by atoms with E-state index in [2.05, 4.69) is 4.98 Å². The smallest absolute Gasteiger partial charge is 0.270 e. The van der Waals surface area contributed by atoms with E-state index in [1.54, 1.807) is 41.1 Å². The number of aromatic amines is 1. The lowest BCUT2D eigenvalue weighted by atomic mass is 10.1. The predicted molar refractivity (Wildman–Crippen MR) is 83.7 cm³/mol. The molecule has 6 heteroatoms. The van der Waals surface area contributed by atoms with Crippen LogP contribution in [0, 0.1) is 12.7 Å². The topological polar surface area (TPSA) is 56.4 Å². The Morgan fingerprint density at radius 3 is 2.26 bits per heavy atom. The van der Waals surface area contributed by atoms with E-state index in [1.807, 2.05) is 0 Å². The first kappa shape index (κ1) is 15.3. The average molecular weight is 315 g/mol. The number of nitrogens with one attached hydrogen (secondary N) is 1. The Morgan fingerprint density at radius 2 is 1.70 bits per heavy atom. The molecule has 1 aliphatic rings. The molecule has 2 amide bonds. The quantitative estimate of drug-likeness (QED) is 0.922. The van der Waals surface area contributed by atoms with Crippen molar-refractivity contribution in [3.8, 4) is 0 Å². The van der Waals surface area contributed by atoms with Gasteiger partial charge in [-0.3, -0.25) is 9.59 Å². The third-order valence-corrected chi connectivity index (χ3v) is 4.09. The van der Waals surface area contributed by atoms with Crippen LogP contribution in [0.1, 0.15) is 26.4 Å². The number of hydrogen-bond donors (Lipinski definition) is 1. The van der Waals surface area contributed by atoms with Crippen LogP contribution in [0.25, 0.3) is 0 Å². The number of benzene rings is 1. The molecule has 120 valence electrons. The van der Waals surface area contributed by atoms with Gasteiger partial charge in [-0.15, -0.1) is 0 Å². The lowest BCUT2D eigenvalue weighted by Crippen LogP contribution is -2.50. The molecular weight excluding hydrogens is 297 g/mol.